The molecule has 160 valence electrons. The molecule has 28 heavy (non-hydrogen) atoms. The van der Waals surface area contributed by atoms with Gasteiger partial charge in [-0.1, -0.05) is 13.0 Å². The van der Waals surface area contributed by atoms with E-state index in [1.807, 2.05) is 0 Å². The summed E-state index contributed by atoms with van der Waals surface area (Å²) in [4.78, 5) is 6.69. The zero-order valence-corrected chi connectivity index (χ0v) is 18.4. The van der Waals surface area contributed by atoms with Crippen LogP contribution >= 0.6 is 24.0 Å². The minimum atomic E-state index is -4.40. The topological polar surface area (TPSA) is 72.1 Å². The summed E-state index contributed by atoms with van der Waals surface area (Å²) in [5.74, 6) is 0.604. The van der Waals surface area contributed by atoms with E-state index in [1.165, 1.54) is 19.6 Å². The number of ether oxygens (including phenoxy) is 2. The Morgan fingerprint density at radius 2 is 2.11 bits per heavy atom. The lowest BCUT2D eigenvalue weighted by Crippen LogP contribution is -2.42. The maximum absolute atomic E-state index is 12.3. The molecule has 1 aliphatic heterocycles. The predicted molar refractivity (Wildman–Crippen MR) is 114 cm³/mol. The van der Waals surface area contributed by atoms with Crippen molar-refractivity contribution in [3.63, 3.8) is 0 Å². The molecule has 0 aromatic heterocycles. The van der Waals surface area contributed by atoms with Gasteiger partial charge in [-0.3, -0.25) is 4.90 Å². The Labute approximate surface area is 180 Å². The Bertz CT molecular complexity index is 644. The number of methoxy groups -OCH3 is 1. The van der Waals surface area contributed by atoms with E-state index in [9.17, 15) is 13.2 Å². The smallest absolute Gasteiger partial charge is 0.422 e. The highest BCUT2D eigenvalue weighted by molar-refractivity contribution is 14.0. The fourth-order valence-corrected chi connectivity index (χ4v) is 3.09. The van der Waals surface area contributed by atoms with E-state index < -0.39 is 12.8 Å². The predicted octanol–water partition coefficient (Wildman–Crippen LogP) is 3.14. The molecule has 1 aromatic rings. The van der Waals surface area contributed by atoms with Crippen LogP contribution in [0.5, 0.6) is 11.5 Å². The molecule has 6 nitrogen and oxygen atoms in total. The average Bonchev–Trinajstić information content (AvgIpc) is 3.10. The molecule has 10 heteroatoms. The quantitative estimate of drug-likeness (QED) is 0.316. The summed E-state index contributed by atoms with van der Waals surface area (Å²) in [6.07, 6.45) is -2.06. The summed E-state index contributed by atoms with van der Waals surface area (Å²) in [5.41, 5.74) is 6.68. The van der Waals surface area contributed by atoms with Gasteiger partial charge in [0, 0.05) is 12.6 Å². The normalized spacial score (nSPS) is 17.9. The third kappa shape index (κ3) is 7.90. The number of alkyl halides is 3. The second kappa shape index (κ2) is 11.5. The van der Waals surface area contributed by atoms with Crippen molar-refractivity contribution in [2.75, 3.05) is 33.4 Å². The lowest BCUT2D eigenvalue weighted by molar-refractivity contribution is -0.153. The summed E-state index contributed by atoms with van der Waals surface area (Å²) in [6, 6.07) is 5.14. The molecule has 1 aliphatic rings. The van der Waals surface area contributed by atoms with Crippen LogP contribution in [0.2, 0.25) is 0 Å². The highest BCUT2D eigenvalue weighted by atomic mass is 127. The molecule has 2 rings (SSSR count). The zero-order valence-electron chi connectivity index (χ0n) is 16.1. The van der Waals surface area contributed by atoms with Crippen LogP contribution in [0.3, 0.4) is 0 Å². The van der Waals surface area contributed by atoms with Crippen LogP contribution in [0.15, 0.2) is 23.2 Å². The monoisotopic (exact) mass is 516 g/mol. The Morgan fingerprint density at radius 1 is 1.36 bits per heavy atom. The highest BCUT2D eigenvalue weighted by Gasteiger charge is 2.29. The van der Waals surface area contributed by atoms with Gasteiger partial charge in [0.25, 0.3) is 0 Å². The molecule has 0 saturated carbocycles. The van der Waals surface area contributed by atoms with E-state index in [0.29, 0.717) is 12.0 Å². The largest absolute Gasteiger partial charge is 0.493 e. The minimum absolute atomic E-state index is 0. The van der Waals surface area contributed by atoms with Crippen molar-refractivity contribution >= 4 is 29.9 Å². The molecule has 1 heterocycles. The second-order valence-electron chi connectivity index (χ2n) is 6.40. The Morgan fingerprint density at radius 3 is 2.75 bits per heavy atom. The zero-order chi connectivity index (χ0) is 19.9. The first-order valence-corrected chi connectivity index (χ1v) is 8.96. The molecule has 1 saturated heterocycles. The van der Waals surface area contributed by atoms with Crippen molar-refractivity contribution in [1.82, 2.24) is 10.2 Å². The van der Waals surface area contributed by atoms with Crippen LogP contribution in [0, 0.1) is 0 Å². The van der Waals surface area contributed by atoms with Crippen molar-refractivity contribution in [2.45, 2.75) is 38.5 Å². The van der Waals surface area contributed by atoms with Crippen LogP contribution in [0.4, 0.5) is 13.2 Å². The fraction of sp³-hybridized carbons (Fsp3) is 0.611. The summed E-state index contributed by atoms with van der Waals surface area (Å²) in [6.45, 7) is 3.95. The average molecular weight is 516 g/mol. The van der Waals surface area contributed by atoms with Gasteiger partial charge in [-0.15, -0.1) is 24.0 Å². The number of hydrogen-bond acceptors (Lipinski definition) is 4. The van der Waals surface area contributed by atoms with Gasteiger partial charge in [0.1, 0.15) is 0 Å². The molecule has 0 amide bonds. The number of nitrogens with zero attached hydrogens (tertiary/aromatic N) is 2. The number of hydrogen-bond donors (Lipinski definition) is 2. The van der Waals surface area contributed by atoms with Crippen LogP contribution in [0.25, 0.3) is 0 Å². The van der Waals surface area contributed by atoms with Crippen LogP contribution in [-0.2, 0) is 6.54 Å². The summed E-state index contributed by atoms with van der Waals surface area (Å²) >= 11 is 0. The van der Waals surface area contributed by atoms with E-state index in [2.05, 4.69) is 22.1 Å². The van der Waals surface area contributed by atoms with Crippen LogP contribution in [-0.4, -0.2) is 56.4 Å². The maximum atomic E-state index is 12.3. The number of aliphatic imine (C=N–C) groups is 1. The number of nitrogens with two attached hydrogens (primary N) is 1. The molecule has 3 N–H and O–H groups in total. The standard InChI is InChI=1S/C18H27F3N4O2.HI/c1-3-25-8-4-5-14(25)11-24-17(22)23-10-13-6-7-15(16(9-13)26-2)27-12-18(19,20)21;/h6-7,9,14H,3-5,8,10-12H2,1-2H3,(H3,22,23,24);1H. The SMILES string of the molecule is CCN1CCCC1CNC(N)=NCc1ccc(OCC(F)(F)F)c(OC)c1.I. The van der Waals surface area contributed by atoms with Gasteiger partial charge in [0.05, 0.1) is 13.7 Å². The third-order valence-electron chi connectivity index (χ3n) is 4.48. The molecule has 1 fully saturated rings. The lowest BCUT2D eigenvalue weighted by Gasteiger charge is -2.23. The van der Waals surface area contributed by atoms with Crippen molar-refractivity contribution in [2.24, 2.45) is 10.7 Å². The van der Waals surface area contributed by atoms with E-state index in [-0.39, 0.29) is 42.0 Å². The van der Waals surface area contributed by atoms with E-state index in [4.69, 9.17) is 15.2 Å². The molecule has 0 aliphatic carbocycles. The molecule has 1 unspecified atom stereocenters. The molecule has 0 spiro atoms. The first-order valence-electron chi connectivity index (χ1n) is 8.96. The molecule has 0 radical (unpaired) electrons. The van der Waals surface area contributed by atoms with Gasteiger partial charge in [-0.05, 0) is 43.6 Å². The van der Waals surface area contributed by atoms with E-state index in [1.54, 1.807) is 12.1 Å². The van der Waals surface area contributed by atoms with Crippen molar-refractivity contribution in [3.8, 4) is 11.5 Å². The van der Waals surface area contributed by atoms with E-state index in [0.717, 1.165) is 31.6 Å². The molecule has 1 aromatic carbocycles. The number of likely N-dealkylation sites (N-methyl/N-ethyl adjacent to an activating group) is 1. The number of halogens is 4. The first kappa shape index (κ1) is 24.6. The number of nitrogens with one attached hydrogen (secondary N) is 1. The highest BCUT2D eigenvalue weighted by Crippen LogP contribution is 2.30. The number of rotatable bonds is 8. The van der Waals surface area contributed by atoms with Crippen LogP contribution in [0.1, 0.15) is 25.3 Å². The molecular weight excluding hydrogens is 488 g/mol. The maximum Gasteiger partial charge on any atom is 0.422 e. The minimum Gasteiger partial charge on any atom is -0.493 e. The van der Waals surface area contributed by atoms with E-state index >= 15 is 0 Å². The van der Waals surface area contributed by atoms with Crippen LogP contribution < -0.4 is 20.5 Å². The Kier molecular flexibility index (Phi) is 10.1. The van der Waals surface area contributed by atoms with Gasteiger partial charge < -0.3 is 20.5 Å². The Balaban J connectivity index is 0.00000392. The van der Waals surface area contributed by atoms with Gasteiger partial charge in [-0.25, -0.2) is 4.99 Å². The van der Waals surface area contributed by atoms with Gasteiger partial charge in [0.2, 0.25) is 0 Å². The van der Waals surface area contributed by atoms with Gasteiger partial charge in [0.15, 0.2) is 24.1 Å². The Hall–Kier alpha value is -1.43. The number of likely N-dealkylation sites (tertiary alicyclic amines) is 1. The molecular formula is C18H28F3IN4O2. The first-order chi connectivity index (χ1) is 12.8. The number of guanidine groups is 1. The van der Waals surface area contributed by atoms with Gasteiger partial charge in [-0.2, -0.15) is 13.2 Å². The fourth-order valence-electron chi connectivity index (χ4n) is 3.09. The third-order valence-corrected chi connectivity index (χ3v) is 4.48. The van der Waals surface area contributed by atoms with Crippen molar-refractivity contribution in [3.05, 3.63) is 23.8 Å². The molecule has 0 bridgehead atoms. The van der Waals surface area contributed by atoms with Gasteiger partial charge >= 0.3 is 6.18 Å². The number of benzene rings is 1. The summed E-state index contributed by atoms with van der Waals surface area (Å²) in [5, 5.41) is 3.14. The summed E-state index contributed by atoms with van der Waals surface area (Å²) in [7, 11) is 1.37. The second-order valence-corrected chi connectivity index (χ2v) is 6.40. The van der Waals surface area contributed by atoms with Crippen molar-refractivity contribution in [1.29, 1.82) is 0 Å². The molecule has 1 atom stereocenters. The van der Waals surface area contributed by atoms with Crippen molar-refractivity contribution < 1.29 is 22.6 Å². The summed E-state index contributed by atoms with van der Waals surface area (Å²) < 4.78 is 46.7. The lowest BCUT2D eigenvalue weighted by atomic mass is 10.2.